The summed E-state index contributed by atoms with van der Waals surface area (Å²) in [6.07, 6.45) is 0.359. The number of anilines is 1. The lowest BCUT2D eigenvalue weighted by atomic mass is 10.2. The van der Waals surface area contributed by atoms with Crippen molar-refractivity contribution in [2.75, 3.05) is 52.4 Å². The van der Waals surface area contributed by atoms with Crippen molar-refractivity contribution < 1.29 is 28.7 Å². The van der Waals surface area contributed by atoms with Crippen LogP contribution in [0, 0.1) is 0 Å². The second-order valence-corrected chi connectivity index (χ2v) is 6.16. The van der Waals surface area contributed by atoms with Gasteiger partial charge in [0.1, 0.15) is 24.5 Å². The number of carbonyl (C=O) groups is 2. The number of amides is 1. The number of methoxy groups -OCH3 is 2. The molecule has 1 amide bonds. The van der Waals surface area contributed by atoms with Gasteiger partial charge in [-0.3, -0.25) is 4.79 Å². The molecule has 0 spiro atoms. The molecule has 1 aliphatic rings. The molecule has 1 aliphatic heterocycles. The molecule has 0 aliphatic carbocycles. The maximum Gasteiger partial charge on any atom is 0.356 e. The number of carbonyl (C=O) groups excluding carboxylic acids is 2. The summed E-state index contributed by atoms with van der Waals surface area (Å²) < 4.78 is 15.6. The smallest absolute Gasteiger partial charge is 0.356 e. The first kappa shape index (κ1) is 18.2. The Balaban J connectivity index is 1.82. The zero-order valence-electron chi connectivity index (χ0n) is 15.0. The normalized spacial score (nSPS) is 15.0. The highest BCUT2D eigenvalue weighted by atomic mass is 16.5. The molecule has 1 fully saturated rings. The van der Waals surface area contributed by atoms with Crippen molar-refractivity contribution in [3.8, 4) is 5.75 Å². The van der Waals surface area contributed by atoms with E-state index in [1.54, 1.807) is 13.2 Å². The lowest BCUT2D eigenvalue weighted by Gasteiger charge is -2.23. The molecule has 0 atom stereocenters. The van der Waals surface area contributed by atoms with Gasteiger partial charge in [0, 0.05) is 0 Å². The van der Waals surface area contributed by atoms with Crippen LogP contribution < -0.4 is 15.0 Å². The number of ether oxygens (including phenoxy) is 3. The number of hydrogen-bond acceptors (Lipinski definition) is 5. The number of nitrogens with one attached hydrogen (secondary N) is 3. The molecule has 0 unspecified atom stereocenters. The van der Waals surface area contributed by atoms with Gasteiger partial charge in [-0.15, -0.1) is 0 Å². The van der Waals surface area contributed by atoms with Crippen molar-refractivity contribution in [1.82, 2.24) is 4.98 Å². The molecule has 0 radical (unpaired) electrons. The van der Waals surface area contributed by atoms with Crippen LogP contribution in [0.5, 0.6) is 5.75 Å². The van der Waals surface area contributed by atoms with Crippen molar-refractivity contribution >= 4 is 28.5 Å². The second-order valence-electron chi connectivity index (χ2n) is 6.16. The van der Waals surface area contributed by atoms with Crippen molar-refractivity contribution in [2.24, 2.45) is 0 Å². The summed E-state index contributed by atoms with van der Waals surface area (Å²) in [5.41, 5.74) is 1.30. The molecule has 3 N–H and O–H groups in total. The predicted octanol–water partition coefficient (Wildman–Crippen LogP) is 0.207. The number of aromatic amines is 1. The molecule has 8 nitrogen and oxygen atoms in total. The van der Waals surface area contributed by atoms with Gasteiger partial charge >= 0.3 is 5.97 Å². The lowest BCUT2D eigenvalue weighted by Crippen LogP contribution is -3.14. The van der Waals surface area contributed by atoms with E-state index in [4.69, 9.17) is 14.2 Å². The Kier molecular flexibility index (Phi) is 5.75. The topological polar surface area (TPSA) is 94.1 Å². The minimum absolute atomic E-state index is 0.152. The summed E-state index contributed by atoms with van der Waals surface area (Å²) in [5, 5.41) is 3.52. The largest absolute Gasteiger partial charge is 0.496 e. The highest BCUT2D eigenvalue weighted by molar-refractivity contribution is 6.12. The van der Waals surface area contributed by atoms with Crippen molar-refractivity contribution in [3.05, 3.63) is 23.9 Å². The summed E-state index contributed by atoms with van der Waals surface area (Å²) in [5.74, 6) is -0.124. The van der Waals surface area contributed by atoms with Gasteiger partial charge in [0.25, 0.3) is 0 Å². The minimum Gasteiger partial charge on any atom is -0.496 e. The summed E-state index contributed by atoms with van der Waals surface area (Å²) in [6.45, 7) is 3.98. The zero-order chi connectivity index (χ0) is 18.5. The van der Waals surface area contributed by atoms with Gasteiger partial charge < -0.3 is 29.4 Å². The molecule has 26 heavy (non-hydrogen) atoms. The fraction of sp³-hybridized carbons (Fsp3) is 0.444. The summed E-state index contributed by atoms with van der Waals surface area (Å²) in [7, 11) is 2.85. The molecule has 2 heterocycles. The Morgan fingerprint density at radius 1 is 1.27 bits per heavy atom. The number of rotatable bonds is 6. The highest BCUT2D eigenvalue weighted by Crippen LogP contribution is 2.35. The molecule has 3 rings (SSSR count). The van der Waals surface area contributed by atoms with Crippen LogP contribution in [0.1, 0.15) is 16.9 Å². The molecule has 1 saturated heterocycles. The third kappa shape index (κ3) is 3.81. The molecule has 1 aromatic carbocycles. The first-order chi connectivity index (χ1) is 12.6. The number of aromatic nitrogens is 1. The standard InChI is InChI=1S/C18H23N3O5/c1-24-13-5-3-4-12-15(13)16(17(19-12)18(23)25-2)20-14(22)6-7-21-8-10-26-11-9-21/h3-5,19H,6-11H2,1-2H3,(H,20,22)/p+1. The van der Waals surface area contributed by atoms with Crippen molar-refractivity contribution in [3.63, 3.8) is 0 Å². The van der Waals surface area contributed by atoms with Crippen LogP contribution in [0.3, 0.4) is 0 Å². The molecule has 1 aromatic heterocycles. The average Bonchev–Trinajstić information content (AvgIpc) is 3.05. The summed E-state index contributed by atoms with van der Waals surface area (Å²) >= 11 is 0. The SMILES string of the molecule is COC(=O)c1[nH]c2cccc(OC)c2c1NC(=O)CC[NH+]1CCOCC1. The van der Waals surface area contributed by atoms with Crippen LogP contribution in [-0.2, 0) is 14.3 Å². The van der Waals surface area contributed by atoms with E-state index < -0.39 is 5.97 Å². The van der Waals surface area contributed by atoms with E-state index in [0.717, 1.165) is 32.8 Å². The highest BCUT2D eigenvalue weighted by Gasteiger charge is 2.23. The molecule has 2 aromatic rings. The van der Waals surface area contributed by atoms with Crippen molar-refractivity contribution in [2.45, 2.75) is 6.42 Å². The van der Waals surface area contributed by atoms with E-state index in [1.807, 2.05) is 12.1 Å². The first-order valence-corrected chi connectivity index (χ1v) is 8.62. The second kappa shape index (κ2) is 8.20. The van der Waals surface area contributed by atoms with E-state index in [-0.39, 0.29) is 11.6 Å². The fourth-order valence-electron chi connectivity index (χ4n) is 3.17. The van der Waals surface area contributed by atoms with E-state index >= 15 is 0 Å². The van der Waals surface area contributed by atoms with E-state index in [2.05, 4.69) is 10.3 Å². The van der Waals surface area contributed by atoms with Gasteiger partial charge in [-0.1, -0.05) is 6.07 Å². The maximum atomic E-state index is 12.5. The first-order valence-electron chi connectivity index (χ1n) is 8.62. The fourth-order valence-corrected chi connectivity index (χ4v) is 3.17. The minimum atomic E-state index is -0.544. The quantitative estimate of drug-likeness (QED) is 0.639. The Morgan fingerprint density at radius 3 is 2.73 bits per heavy atom. The number of esters is 1. The third-order valence-electron chi connectivity index (χ3n) is 4.57. The molecular weight excluding hydrogens is 338 g/mol. The summed E-state index contributed by atoms with van der Waals surface area (Å²) in [4.78, 5) is 29.0. The third-order valence-corrected chi connectivity index (χ3v) is 4.57. The molecular formula is C18H24N3O5+. The van der Waals surface area contributed by atoms with Gasteiger partial charge in [-0.05, 0) is 12.1 Å². The Labute approximate surface area is 151 Å². The van der Waals surface area contributed by atoms with E-state index in [1.165, 1.54) is 12.0 Å². The number of benzene rings is 1. The molecule has 8 heteroatoms. The summed E-state index contributed by atoms with van der Waals surface area (Å²) in [6, 6.07) is 5.41. The van der Waals surface area contributed by atoms with Crippen molar-refractivity contribution in [1.29, 1.82) is 0 Å². The van der Waals surface area contributed by atoms with Gasteiger partial charge in [0.05, 0.1) is 57.0 Å². The van der Waals surface area contributed by atoms with Crippen LogP contribution in [0.25, 0.3) is 10.9 Å². The van der Waals surface area contributed by atoms with E-state index in [9.17, 15) is 9.59 Å². The number of H-pyrrole nitrogens is 1. The number of morpholine rings is 1. The zero-order valence-corrected chi connectivity index (χ0v) is 15.0. The van der Waals surface area contributed by atoms with Crippen LogP contribution in [0.2, 0.25) is 0 Å². The number of fused-ring (bicyclic) bond motifs is 1. The van der Waals surface area contributed by atoms with Gasteiger partial charge in [-0.2, -0.15) is 0 Å². The van der Waals surface area contributed by atoms with Crippen LogP contribution >= 0.6 is 0 Å². The van der Waals surface area contributed by atoms with Crippen LogP contribution in [0.4, 0.5) is 5.69 Å². The van der Waals surface area contributed by atoms with Crippen LogP contribution in [0.15, 0.2) is 18.2 Å². The molecule has 140 valence electrons. The Morgan fingerprint density at radius 2 is 2.04 bits per heavy atom. The monoisotopic (exact) mass is 362 g/mol. The average molecular weight is 362 g/mol. The van der Waals surface area contributed by atoms with Gasteiger partial charge in [0.15, 0.2) is 0 Å². The maximum absolute atomic E-state index is 12.5. The van der Waals surface area contributed by atoms with E-state index in [0.29, 0.717) is 28.8 Å². The van der Waals surface area contributed by atoms with Gasteiger partial charge in [-0.25, -0.2) is 4.79 Å². The van der Waals surface area contributed by atoms with Gasteiger partial charge in [0.2, 0.25) is 5.91 Å². The molecule has 0 saturated carbocycles. The lowest BCUT2D eigenvalue weighted by molar-refractivity contribution is -0.907. The molecule has 0 bridgehead atoms. The number of quaternary nitrogens is 1. The Hall–Kier alpha value is -2.58. The number of hydrogen-bond donors (Lipinski definition) is 3. The van der Waals surface area contributed by atoms with Crippen LogP contribution in [-0.4, -0.2) is 63.9 Å². The predicted molar refractivity (Wildman–Crippen MR) is 95.8 cm³/mol. The Bertz CT molecular complexity index is 795.